The number of pyridine rings is 1. The van der Waals surface area contributed by atoms with Gasteiger partial charge in [-0.15, -0.1) is 0 Å². The van der Waals surface area contributed by atoms with E-state index in [2.05, 4.69) is 4.98 Å². The van der Waals surface area contributed by atoms with E-state index in [1.54, 1.807) is 4.31 Å². The van der Waals surface area contributed by atoms with Crippen LogP contribution in [0.25, 0.3) is 0 Å². The zero-order chi connectivity index (χ0) is 13.5. The highest BCUT2D eigenvalue weighted by atomic mass is 35.5. The van der Waals surface area contributed by atoms with E-state index < -0.39 is 10.0 Å². The minimum Gasteiger partial charge on any atom is -0.243 e. The Balaban J connectivity index is 1.82. The lowest BCUT2D eigenvalue weighted by atomic mass is 10.4. The summed E-state index contributed by atoms with van der Waals surface area (Å²) in [7, 11) is -3.42. The monoisotopic (exact) mass is 300 g/mol. The third-order valence-corrected chi connectivity index (χ3v) is 5.69. The van der Waals surface area contributed by atoms with Gasteiger partial charge in [0.15, 0.2) is 0 Å². The number of sulfonamides is 1. The van der Waals surface area contributed by atoms with Crippen molar-refractivity contribution >= 4 is 21.6 Å². The number of nitrogens with zero attached hydrogens (tertiary/aromatic N) is 2. The molecule has 0 atom stereocenters. The third-order valence-electron chi connectivity index (χ3n) is 3.66. The van der Waals surface area contributed by atoms with Crippen molar-refractivity contribution in [2.75, 3.05) is 13.1 Å². The summed E-state index contributed by atoms with van der Waals surface area (Å²) >= 11 is 5.71. The Hall–Kier alpha value is -0.650. The number of hydrogen-bond donors (Lipinski definition) is 0. The summed E-state index contributed by atoms with van der Waals surface area (Å²) in [6, 6.07) is 3.07. The van der Waals surface area contributed by atoms with Crippen molar-refractivity contribution < 1.29 is 8.42 Å². The molecule has 1 heterocycles. The van der Waals surface area contributed by atoms with Crippen LogP contribution in [0.3, 0.4) is 0 Å². The summed E-state index contributed by atoms with van der Waals surface area (Å²) in [6.07, 6.45) is 5.95. The maximum absolute atomic E-state index is 12.6. The van der Waals surface area contributed by atoms with Crippen molar-refractivity contribution in [3.63, 3.8) is 0 Å². The fourth-order valence-electron chi connectivity index (χ4n) is 2.11. The maximum Gasteiger partial charge on any atom is 0.244 e. The second kappa shape index (κ2) is 5.04. The molecule has 0 saturated heterocycles. The second-order valence-corrected chi connectivity index (χ2v) is 7.85. The SMILES string of the molecule is O=S(=O)(c1ccc(Cl)nc1)N(CC1CC1)CC1CC1. The highest BCUT2D eigenvalue weighted by Gasteiger charge is 2.35. The molecular weight excluding hydrogens is 284 g/mol. The van der Waals surface area contributed by atoms with E-state index in [1.807, 2.05) is 0 Å². The molecule has 2 aliphatic carbocycles. The molecule has 2 aliphatic rings. The van der Waals surface area contributed by atoms with Crippen LogP contribution in [0.5, 0.6) is 0 Å². The van der Waals surface area contributed by atoms with Crippen LogP contribution < -0.4 is 0 Å². The zero-order valence-electron chi connectivity index (χ0n) is 10.6. The molecule has 19 heavy (non-hydrogen) atoms. The largest absolute Gasteiger partial charge is 0.244 e. The molecule has 0 aliphatic heterocycles. The first kappa shape index (κ1) is 13.3. The Bertz CT molecular complexity index is 537. The highest BCUT2D eigenvalue weighted by molar-refractivity contribution is 7.89. The first-order chi connectivity index (χ1) is 9.05. The van der Waals surface area contributed by atoms with Gasteiger partial charge in [0.2, 0.25) is 10.0 Å². The van der Waals surface area contributed by atoms with E-state index in [4.69, 9.17) is 11.6 Å². The summed E-state index contributed by atoms with van der Waals surface area (Å²) in [5, 5.41) is 0.315. The molecule has 6 heteroatoms. The lowest BCUT2D eigenvalue weighted by Crippen LogP contribution is -2.34. The summed E-state index contributed by atoms with van der Waals surface area (Å²) < 4.78 is 26.9. The molecule has 1 aromatic heterocycles. The number of rotatable bonds is 6. The predicted octanol–water partition coefficient (Wildman–Crippen LogP) is 2.55. The topological polar surface area (TPSA) is 50.3 Å². The van der Waals surface area contributed by atoms with Crippen molar-refractivity contribution in [1.82, 2.24) is 9.29 Å². The van der Waals surface area contributed by atoms with Gasteiger partial charge in [0.25, 0.3) is 0 Å². The van der Waals surface area contributed by atoms with Crippen molar-refractivity contribution in [1.29, 1.82) is 0 Å². The molecule has 0 radical (unpaired) electrons. The summed E-state index contributed by atoms with van der Waals surface area (Å²) in [4.78, 5) is 4.13. The van der Waals surface area contributed by atoms with Crippen molar-refractivity contribution in [2.24, 2.45) is 11.8 Å². The van der Waals surface area contributed by atoms with Gasteiger partial charge in [-0.05, 0) is 49.7 Å². The molecular formula is C13H17ClN2O2S. The lowest BCUT2D eigenvalue weighted by molar-refractivity contribution is 0.382. The molecule has 0 amide bonds. The number of aromatic nitrogens is 1. The van der Waals surface area contributed by atoms with Gasteiger partial charge in [-0.3, -0.25) is 0 Å². The molecule has 0 unspecified atom stereocenters. The van der Waals surface area contributed by atoms with Crippen LogP contribution in [0, 0.1) is 11.8 Å². The predicted molar refractivity (Wildman–Crippen MR) is 73.5 cm³/mol. The van der Waals surface area contributed by atoms with Crippen molar-refractivity contribution in [3.05, 3.63) is 23.5 Å². The van der Waals surface area contributed by atoms with Crippen molar-refractivity contribution in [3.8, 4) is 0 Å². The molecule has 2 fully saturated rings. The molecule has 104 valence electrons. The Morgan fingerprint density at radius 2 is 1.74 bits per heavy atom. The second-order valence-electron chi connectivity index (χ2n) is 5.53. The van der Waals surface area contributed by atoms with E-state index in [0.29, 0.717) is 30.1 Å². The van der Waals surface area contributed by atoms with Crippen molar-refractivity contribution in [2.45, 2.75) is 30.6 Å². The van der Waals surface area contributed by atoms with E-state index >= 15 is 0 Å². The fourth-order valence-corrected chi connectivity index (χ4v) is 3.76. The standard InChI is InChI=1S/C13H17ClN2O2S/c14-13-6-5-12(7-15-13)19(17,18)16(8-10-1-2-10)9-11-3-4-11/h5-7,10-11H,1-4,8-9H2. The summed E-state index contributed by atoms with van der Waals surface area (Å²) in [5.74, 6) is 1.10. The van der Waals surface area contributed by atoms with Crippen LogP contribution in [0.2, 0.25) is 5.15 Å². The molecule has 1 aromatic rings. The van der Waals surface area contributed by atoms with E-state index in [0.717, 1.165) is 25.7 Å². The van der Waals surface area contributed by atoms with E-state index in [1.165, 1.54) is 18.3 Å². The van der Waals surface area contributed by atoms with Gasteiger partial charge in [-0.2, -0.15) is 4.31 Å². The molecule has 0 aromatic carbocycles. The number of hydrogen-bond acceptors (Lipinski definition) is 3. The molecule has 0 spiro atoms. The van der Waals surface area contributed by atoms with E-state index in [-0.39, 0.29) is 4.90 Å². The molecule has 3 rings (SSSR count). The molecule has 2 saturated carbocycles. The number of halogens is 1. The van der Waals surface area contributed by atoms with Gasteiger partial charge < -0.3 is 0 Å². The average molecular weight is 301 g/mol. The Morgan fingerprint density at radius 1 is 1.16 bits per heavy atom. The maximum atomic E-state index is 12.6. The minimum absolute atomic E-state index is 0.248. The van der Waals surface area contributed by atoms with Crippen LogP contribution in [-0.4, -0.2) is 30.8 Å². The van der Waals surface area contributed by atoms with Crippen LogP contribution >= 0.6 is 11.6 Å². The van der Waals surface area contributed by atoms with Crippen LogP contribution in [-0.2, 0) is 10.0 Å². The normalized spacial score (nSPS) is 19.9. The van der Waals surface area contributed by atoms with E-state index in [9.17, 15) is 8.42 Å². The highest BCUT2D eigenvalue weighted by Crippen LogP contribution is 2.35. The summed E-state index contributed by atoms with van der Waals surface area (Å²) in [6.45, 7) is 1.31. The van der Waals surface area contributed by atoms with Gasteiger partial charge in [0.05, 0.1) is 0 Å². The third kappa shape index (κ3) is 3.27. The molecule has 4 nitrogen and oxygen atoms in total. The Labute approximate surface area is 118 Å². The first-order valence-corrected chi connectivity index (χ1v) is 8.49. The van der Waals surface area contributed by atoms with Gasteiger partial charge in [-0.25, -0.2) is 13.4 Å². The minimum atomic E-state index is -3.42. The Kier molecular flexibility index (Phi) is 3.53. The first-order valence-electron chi connectivity index (χ1n) is 6.67. The lowest BCUT2D eigenvalue weighted by Gasteiger charge is -2.21. The van der Waals surface area contributed by atoms with Gasteiger partial charge in [-0.1, -0.05) is 11.6 Å². The van der Waals surface area contributed by atoms with Gasteiger partial charge in [0.1, 0.15) is 10.0 Å². The van der Waals surface area contributed by atoms with Gasteiger partial charge >= 0.3 is 0 Å². The Morgan fingerprint density at radius 3 is 2.16 bits per heavy atom. The van der Waals surface area contributed by atoms with Gasteiger partial charge in [0, 0.05) is 19.3 Å². The zero-order valence-corrected chi connectivity index (χ0v) is 12.2. The smallest absolute Gasteiger partial charge is 0.243 e. The average Bonchev–Trinajstić information content (AvgIpc) is 3.23. The van der Waals surface area contributed by atoms with Crippen LogP contribution in [0.15, 0.2) is 23.2 Å². The summed E-state index contributed by atoms with van der Waals surface area (Å²) in [5.41, 5.74) is 0. The quantitative estimate of drug-likeness (QED) is 0.759. The fraction of sp³-hybridized carbons (Fsp3) is 0.615. The molecule has 0 bridgehead atoms. The molecule has 0 N–H and O–H groups in total. The van der Waals surface area contributed by atoms with Crippen LogP contribution in [0.1, 0.15) is 25.7 Å². The van der Waals surface area contributed by atoms with Crippen LogP contribution in [0.4, 0.5) is 0 Å².